The third kappa shape index (κ3) is 2.34. The standard InChI is InChI=1S/C16H30N2/c1-11-3-7-14(8-4-11)18(2)10-15-12-5-6-13(9-12)16(15)17/h11-16H,3-10,17H2,1-2H3. The Kier molecular flexibility index (Phi) is 3.68. The van der Waals surface area contributed by atoms with E-state index in [0.29, 0.717) is 6.04 Å². The average molecular weight is 250 g/mol. The first-order valence-electron chi connectivity index (χ1n) is 8.11. The van der Waals surface area contributed by atoms with Crippen LogP contribution in [0.5, 0.6) is 0 Å². The van der Waals surface area contributed by atoms with E-state index in [9.17, 15) is 0 Å². The van der Waals surface area contributed by atoms with Gasteiger partial charge in [-0.05, 0) is 75.7 Å². The molecule has 2 heteroatoms. The lowest BCUT2D eigenvalue weighted by Crippen LogP contribution is -2.45. The lowest BCUT2D eigenvalue weighted by molar-refractivity contribution is 0.123. The number of fused-ring (bicyclic) bond motifs is 2. The van der Waals surface area contributed by atoms with Crippen LogP contribution in [-0.2, 0) is 0 Å². The zero-order chi connectivity index (χ0) is 12.7. The lowest BCUT2D eigenvalue weighted by atomic mass is 9.83. The molecule has 0 aromatic rings. The first-order chi connectivity index (χ1) is 8.65. The van der Waals surface area contributed by atoms with E-state index in [0.717, 1.165) is 29.7 Å². The summed E-state index contributed by atoms with van der Waals surface area (Å²) in [6, 6.07) is 1.35. The van der Waals surface area contributed by atoms with E-state index in [-0.39, 0.29) is 0 Å². The van der Waals surface area contributed by atoms with Gasteiger partial charge in [-0.15, -0.1) is 0 Å². The zero-order valence-corrected chi connectivity index (χ0v) is 12.1. The van der Waals surface area contributed by atoms with Crippen LogP contribution in [0, 0.1) is 23.7 Å². The van der Waals surface area contributed by atoms with Crippen molar-refractivity contribution in [2.24, 2.45) is 29.4 Å². The van der Waals surface area contributed by atoms with Crippen molar-refractivity contribution >= 4 is 0 Å². The molecular formula is C16H30N2. The van der Waals surface area contributed by atoms with Gasteiger partial charge in [0.15, 0.2) is 0 Å². The van der Waals surface area contributed by atoms with Gasteiger partial charge in [-0.25, -0.2) is 0 Å². The smallest absolute Gasteiger partial charge is 0.0111 e. The molecule has 0 aromatic heterocycles. The molecule has 2 N–H and O–H groups in total. The third-order valence-corrected chi connectivity index (χ3v) is 6.27. The summed E-state index contributed by atoms with van der Waals surface area (Å²) in [6.07, 6.45) is 9.98. The fraction of sp³-hybridized carbons (Fsp3) is 1.00. The van der Waals surface area contributed by atoms with E-state index < -0.39 is 0 Å². The van der Waals surface area contributed by atoms with Gasteiger partial charge in [-0.3, -0.25) is 0 Å². The highest BCUT2D eigenvalue weighted by molar-refractivity contribution is 5.00. The van der Waals surface area contributed by atoms with Gasteiger partial charge in [0.05, 0.1) is 0 Å². The molecule has 3 aliphatic rings. The molecule has 0 aliphatic heterocycles. The van der Waals surface area contributed by atoms with Crippen molar-refractivity contribution in [2.45, 2.75) is 64.0 Å². The van der Waals surface area contributed by atoms with Crippen molar-refractivity contribution in [1.82, 2.24) is 4.90 Å². The fourth-order valence-corrected chi connectivity index (χ4v) is 4.89. The molecule has 0 aromatic carbocycles. The van der Waals surface area contributed by atoms with Crippen molar-refractivity contribution in [3.63, 3.8) is 0 Å². The van der Waals surface area contributed by atoms with Crippen LogP contribution in [0.3, 0.4) is 0 Å². The Hall–Kier alpha value is -0.0800. The molecule has 0 saturated heterocycles. The second-order valence-electron chi connectivity index (χ2n) is 7.43. The minimum Gasteiger partial charge on any atom is -0.327 e. The molecule has 0 radical (unpaired) electrons. The Morgan fingerprint density at radius 2 is 1.67 bits per heavy atom. The molecular weight excluding hydrogens is 220 g/mol. The van der Waals surface area contributed by atoms with Gasteiger partial charge in [0, 0.05) is 18.6 Å². The summed E-state index contributed by atoms with van der Waals surface area (Å²) < 4.78 is 0. The molecule has 0 amide bonds. The molecule has 18 heavy (non-hydrogen) atoms. The van der Waals surface area contributed by atoms with Crippen molar-refractivity contribution in [3.8, 4) is 0 Å². The Morgan fingerprint density at radius 1 is 1.00 bits per heavy atom. The Balaban J connectivity index is 1.53. The molecule has 2 nitrogen and oxygen atoms in total. The molecule has 2 bridgehead atoms. The van der Waals surface area contributed by atoms with E-state index in [4.69, 9.17) is 5.73 Å². The van der Waals surface area contributed by atoms with Crippen LogP contribution in [-0.4, -0.2) is 30.6 Å². The summed E-state index contributed by atoms with van der Waals surface area (Å²) in [7, 11) is 2.35. The summed E-state index contributed by atoms with van der Waals surface area (Å²) in [6.45, 7) is 3.67. The maximum absolute atomic E-state index is 6.44. The van der Waals surface area contributed by atoms with Gasteiger partial charge in [0.1, 0.15) is 0 Å². The van der Waals surface area contributed by atoms with E-state index in [1.165, 1.54) is 51.5 Å². The Bertz CT molecular complexity index is 281. The van der Waals surface area contributed by atoms with Crippen LogP contribution in [0.15, 0.2) is 0 Å². The minimum absolute atomic E-state index is 0.508. The first-order valence-corrected chi connectivity index (χ1v) is 8.11. The predicted octanol–water partition coefficient (Wildman–Crippen LogP) is 2.87. The first kappa shape index (κ1) is 12.9. The number of nitrogens with zero attached hydrogens (tertiary/aromatic N) is 1. The van der Waals surface area contributed by atoms with Gasteiger partial charge in [-0.2, -0.15) is 0 Å². The summed E-state index contributed by atoms with van der Waals surface area (Å²) in [4.78, 5) is 2.65. The lowest BCUT2D eigenvalue weighted by Gasteiger charge is -2.38. The van der Waals surface area contributed by atoms with E-state index in [2.05, 4.69) is 18.9 Å². The fourth-order valence-electron chi connectivity index (χ4n) is 4.89. The predicted molar refractivity (Wildman–Crippen MR) is 76.3 cm³/mol. The summed E-state index contributed by atoms with van der Waals surface area (Å²) in [5, 5.41) is 0. The number of hydrogen-bond acceptors (Lipinski definition) is 2. The number of rotatable bonds is 3. The second kappa shape index (κ2) is 5.13. The van der Waals surface area contributed by atoms with Crippen molar-refractivity contribution in [3.05, 3.63) is 0 Å². The molecule has 0 heterocycles. The monoisotopic (exact) mass is 250 g/mol. The van der Waals surface area contributed by atoms with Gasteiger partial charge < -0.3 is 10.6 Å². The van der Waals surface area contributed by atoms with Crippen LogP contribution in [0.1, 0.15) is 51.9 Å². The highest BCUT2D eigenvalue weighted by atomic mass is 15.1. The highest BCUT2D eigenvalue weighted by Crippen LogP contribution is 2.48. The van der Waals surface area contributed by atoms with E-state index in [1.54, 1.807) is 0 Å². The largest absolute Gasteiger partial charge is 0.327 e. The highest BCUT2D eigenvalue weighted by Gasteiger charge is 2.46. The van der Waals surface area contributed by atoms with E-state index in [1.807, 2.05) is 0 Å². The normalized spacial score (nSPS) is 48.0. The minimum atomic E-state index is 0.508. The quantitative estimate of drug-likeness (QED) is 0.834. The second-order valence-corrected chi connectivity index (χ2v) is 7.43. The van der Waals surface area contributed by atoms with Crippen LogP contribution in [0.2, 0.25) is 0 Å². The Labute approximate surface area is 112 Å². The summed E-state index contributed by atoms with van der Waals surface area (Å²) in [5.41, 5.74) is 6.44. The molecule has 104 valence electrons. The molecule has 3 saturated carbocycles. The average Bonchev–Trinajstić information content (AvgIpc) is 2.94. The molecule has 4 unspecified atom stereocenters. The molecule has 3 fully saturated rings. The molecule has 4 atom stereocenters. The number of hydrogen-bond donors (Lipinski definition) is 1. The summed E-state index contributed by atoms with van der Waals surface area (Å²) in [5.74, 6) is 3.57. The van der Waals surface area contributed by atoms with E-state index >= 15 is 0 Å². The van der Waals surface area contributed by atoms with Gasteiger partial charge >= 0.3 is 0 Å². The molecule has 0 spiro atoms. The maximum atomic E-state index is 6.44. The van der Waals surface area contributed by atoms with Gasteiger partial charge in [-0.1, -0.05) is 6.92 Å². The molecule has 3 rings (SSSR count). The van der Waals surface area contributed by atoms with Crippen molar-refractivity contribution in [1.29, 1.82) is 0 Å². The van der Waals surface area contributed by atoms with Crippen LogP contribution >= 0.6 is 0 Å². The van der Waals surface area contributed by atoms with Gasteiger partial charge in [0.25, 0.3) is 0 Å². The van der Waals surface area contributed by atoms with Gasteiger partial charge in [0.2, 0.25) is 0 Å². The summed E-state index contributed by atoms with van der Waals surface area (Å²) >= 11 is 0. The molecule has 3 aliphatic carbocycles. The van der Waals surface area contributed by atoms with Crippen LogP contribution in [0.4, 0.5) is 0 Å². The third-order valence-electron chi connectivity index (χ3n) is 6.27. The Morgan fingerprint density at radius 3 is 2.28 bits per heavy atom. The van der Waals surface area contributed by atoms with Crippen LogP contribution < -0.4 is 5.73 Å². The number of nitrogens with two attached hydrogens (primary N) is 1. The van der Waals surface area contributed by atoms with Crippen molar-refractivity contribution in [2.75, 3.05) is 13.6 Å². The zero-order valence-electron chi connectivity index (χ0n) is 12.1. The maximum Gasteiger partial charge on any atom is 0.0111 e. The topological polar surface area (TPSA) is 29.3 Å². The SMILES string of the molecule is CC1CCC(N(C)CC2C3CCC(C3)C2N)CC1. The van der Waals surface area contributed by atoms with Crippen molar-refractivity contribution < 1.29 is 0 Å². The van der Waals surface area contributed by atoms with Crippen LogP contribution in [0.25, 0.3) is 0 Å².